The van der Waals surface area contributed by atoms with Crippen LogP contribution < -0.4 is 5.32 Å². The van der Waals surface area contributed by atoms with E-state index in [0.717, 1.165) is 5.69 Å². The van der Waals surface area contributed by atoms with Crippen molar-refractivity contribution in [1.29, 1.82) is 0 Å². The fourth-order valence-electron chi connectivity index (χ4n) is 1.76. The molecule has 0 amide bonds. The van der Waals surface area contributed by atoms with Crippen molar-refractivity contribution in [1.82, 2.24) is 0 Å². The van der Waals surface area contributed by atoms with E-state index in [4.69, 9.17) is 11.6 Å². The number of halogens is 2. The van der Waals surface area contributed by atoms with E-state index in [2.05, 4.69) is 31.3 Å². The summed E-state index contributed by atoms with van der Waals surface area (Å²) >= 11 is 7.79. The molecule has 0 radical (unpaired) electrons. The highest BCUT2D eigenvalue weighted by Crippen LogP contribution is 2.30. The Hall–Kier alpha value is -1.06. The monoisotopic (exact) mass is 283 g/mol. The summed E-state index contributed by atoms with van der Waals surface area (Å²) in [4.78, 5) is 2.52. The lowest BCUT2D eigenvalue weighted by Gasteiger charge is -2.15. The van der Waals surface area contributed by atoms with Crippen LogP contribution in [0.3, 0.4) is 0 Å². The van der Waals surface area contributed by atoms with Crippen LogP contribution >= 0.6 is 22.9 Å². The highest BCUT2D eigenvalue weighted by molar-refractivity contribution is 7.12. The van der Waals surface area contributed by atoms with Gasteiger partial charge in [-0.3, -0.25) is 0 Å². The summed E-state index contributed by atoms with van der Waals surface area (Å²) < 4.78 is 13.3. The Kier molecular flexibility index (Phi) is 3.93. The summed E-state index contributed by atoms with van der Waals surface area (Å²) in [5.74, 6) is -0.273. The predicted octanol–water partition coefficient (Wildman–Crippen LogP) is 5.33. The van der Waals surface area contributed by atoms with Gasteiger partial charge >= 0.3 is 0 Å². The Bertz CT molecular complexity index is 565. The second-order valence-electron chi connectivity index (χ2n) is 4.40. The van der Waals surface area contributed by atoms with Gasteiger partial charge in [-0.2, -0.15) is 0 Å². The van der Waals surface area contributed by atoms with E-state index >= 15 is 0 Å². The number of aryl methyl sites for hydroxylation is 2. The highest BCUT2D eigenvalue weighted by Gasteiger charge is 2.11. The molecule has 1 nitrogen and oxygen atoms in total. The molecule has 0 spiro atoms. The number of nitrogens with one attached hydrogen (secondary N) is 1. The van der Waals surface area contributed by atoms with Crippen LogP contribution in [0.2, 0.25) is 5.02 Å². The molecule has 0 saturated carbocycles. The predicted molar refractivity (Wildman–Crippen MR) is 77.2 cm³/mol. The second kappa shape index (κ2) is 5.29. The molecular formula is C14H15ClFNS. The minimum absolute atomic E-state index is 0.158. The number of hydrogen-bond acceptors (Lipinski definition) is 2. The lowest BCUT2D eigenvalue weighted by Crippen LogP contribution is -2.05. The van der Waals surface area contributed by atoms with E-state index < -0.39 is 0 Å². The quantitative estimate of drug-likeness (QED) is 0.803. The molecule has 0 fully saturated rings. The molecule has 0 aliphatic heterocycles. The molecule has 18 heavy (non-hydrogen) atoms. The van der Waals surface area contributed by atoms with Crippen molar-refractivity contribution >= 4 is 28.6 Å². The third kappa shape index (κ3) is 2.85. The van der Waals surface area contributed by atoms with Crippen molar-refractivity contribution in [2.24, 2.45) is 0 Å². The molecule has 1 heterocycles. The van der Waals surface area contributed by atoms with Crippen LogP contribution in [0.4, 0.5) is 10.1 Å². The number of benzene rings is 1. The molecule has 0 aliphatic carbocycles. The van der Waals surface area contributed by atoms with Crippen LogP contribution in [0.1, 0.15) is 28.3 Å². The zero-order chi connectivity index (χ0) is 13.3. The minimum atomic E-state index is -0.273. The highest BCUT2D eigenvalue weighted by atomic mass is 35.5. The zero-order valence-corrected chi connectivity index (χ0v) is 12.1. The molecule has 4 heteroatoms. The summed E-state index contributed by atoms with van der Waals surface area (Å²) in [6.07, 6.45) is 0. The van der Waals surface area contributed by atoms with Crippen LogP contribution in [0.5, 0.6) is 0 Å². The fourth-order valence-corrected chi connectivity index (χ4v) is 2.84. The molecule has 96 valence electrons. The van der Waals surface area contributed by atoms with E-state index in [9.17, 15) is 4.39 Å². The van der Waals surface area contributed by atoms with Gasteiger partial charge in [0, 0.05) is 9.75 Å². The van der Waals surface area contributed by atoms with Crippen molar-refractivity contribution in [3.63, 3.8) is 0 Å². The number of anilines is 1. The van der Waals surface area contributed by atoms with Gasteiger partial charge in [-0.25, -0.2) is 4.39 Å². The zero-order valence-electron chi connectivity index (χ0n) is 10.6. The average Bonchev–Trinajstić information content (AvgIpc) is 2.73. The van der Waals surface area contributed by atoms with Crippen LogP contribution in [0.25, 0.3) is 0 Å². The minimum Gasteiger partial charge on any atom is -0.376 e. The molecule has 2 aromatic rings. The van der Waals surface area contributed by atoms with Crippen LogP contribution in [-0.2, 0) is 0 Å². The van der Waals surface area contributed by atoms with Gasteiger partial charge in [0.15, 0.2) is 0 Å². The van der Waals surface area contributed by atoms with E-state index in [0.29, 0.717) is 10.6 Å². The van der Waals surface area contributed by atoms with Crippen molar-refractivity contribution in [3.8, 4) is 0 Å². The standard InChI is InChI=1S/C14H15ClFNS/c1-8-6-13(11(15)7-12(8)16)17-10(3)14-5-4-9(2)18-14/h4-7,10,17H,1-3H3. The molecule has 1 unspecified atom stereocenters. The van der Waals surface area contributed by atoms with Gasteiger partial charge in [0.05, 0.1) is 16.8 Å². The summed E-state index contributed by atoms with van der Waals surface area (Å²) in [5, 5.41) is 3.73. The molecule has 0 aliphatic rings. The van der Waals surface area contributed by atoms with Crippen LogP contribution in [0.15, 0.2) is 24.3 Å². The third-order valence-corrected chi connectivity index (χ3v) is 4.30. The van der Waals surface area contributed by atoms with Gasteiger partial charge in [-0.05, 0) is 50.6 Å². The van der Waals surface area contributed by atoms with E-state index in [1.54, 1.807) is 24.3 Å². The molecule has 1 aromatic carbocycles. The number of rotatable bonds is 3. The molecule has 1 N–H and O–H groups in total. The Morgan fingerprint density at radius 1 is 1.28 bits per heavy atom. The van der Waals surface area contributed by atoms with Gasteiger partial charge in [-0.1, -0.05) is 11.6 Å². The molecular weight excluding hydrogens is 269 g/mol. The maximum Gasteiger partial charge on any atom is 0.127 e. The van der Waals surface area contributed by atoms with Gasteiger partial charge in [-0.15, -0.1) is 11.3 Å². The Labute approximate surface area is 116 Å². The van der Waals surface area contributed by atoms with E-state index in [1.165, 1.54) is 15.8 Å². The smallest absolute Gasteiger partial charge is 0.127 e. The first-order chi connectivity index (χ1) is 8.47. The lowest BCUT2D eigenvalue weighted by atomic mass is 10.2. The Balaban J connectivity index is 2.21. The van der Waals surface area contributed by atoms with Crippen molar-refractivity contribution in [3.05, 3.63) is 50.4 Å². The molecule has 2 rings (SSSR count). The van der Waals surface area contributed by atoms with Gasteiger partial charge < -0.3 is 5.32 Å². The normalized spacial score (nSPS) is 12.5. The lowest BCUT2D eigenvalue weighted by molar-refractivity contribution is 0.618. The SMILES string of the molecule is Cc1ccc(C(C)Nc2cc(C)c(F)cc2Cl)s1. The van der Waals surface area contributed by atoms with Crippen molar-refractivity contribution in [2.45, 2.75) is 26.8 Å². The Morgan fingerprint density at radius 2 is 2.00 bits per heavy atom. The topological polar surface area (TPSA) is 12.0 Å². The summed E-state index contributed by atoms with van der Waals surface area (Å²) in [7, 11) is 0. The molecule has 1 aromatic heterocycles. The molecule has 0 saturated heterocycles. The third-order valence-electron chi connectivity index (χ3n) is 2.81. The first kappa shape index (κ1) is 13.4. The second-order valence-corrected chi connectivity index (χ2v) is 6.12. The average molecular weight is 284 g/mol. The summed E-state index contributed by atoms with van der Waals surface area (Å²) in [5.41, 5.74) is 1.37. The number of thiophene rings is 1. The summed E-state index contributed by atoms with van der Waals surface area (Å²) in [6, 6.07) is 7.45. The first-order valence-electron chi connectivity index (χ1n) is 5.76. The maximum absolute atomic E-state index is 13.3. The van der Waals surface area contributed by atoms with E-state index in [1.807, 2.05) is 0 Å². The van der Waals surface area contributed by atoms with Crippen LogP contribution in [-0.4, -0.2) is 0 Å². The molecule has 0 bridgehead atoms. The van der Waals surface area contributed by atoms with Crippen molar-refractivity contribution in [2.75, 3.05) is 5.32 Å². The largest absolute Gasteiger partial charge is 0.376 e. The van der Waals surface area contributed by atoms with Crippen LogP contribution in [0, 0.1) is 19.7 Å². The van der Waals surface area contributed by atoms with Gasteiger partial charge in [0.2, 0.25) is 0 Å². The molecule has 1 atom stereocenters. The van der Waals surface area contributed by atoms with Crippen molar-refractivity contribution < 1.29 is 4.39 Å². The van der Waals surface area contributed by atoms with Gasteiger partial charge in [0.25, 0.3) is 0 Å². The Morgan fingerprint density at radius 3 is 2.61 bits per heavy atom. The first-order valence-corrected chi connectivity index (χ1v) is 6.95. The number of hydrogen-bond donors (Lipinski definition) is 1. The van der Waals surface area contributed by atoms with Gasteiger partial charge in [0.1, 0.15) is 5.82 Å². The van der Waals surface area contributed by atoms with E-state index in [-0.39, 0.29) is 11.9 Å². The fraction of sp³-hybridized carbons (Fsp3) is 0.286. The summed E-state index contributed by atoms with van der Waals surface area (Å²) in [6.45, 7) is 5.88. The maximum atomic E-state index is 13.3.